The van der Waals surface area contributed by atoms with E-state index in [9.17, 15) is 9.59 Å². The van der Waals surface area contributed by atoms with E-state index >= 15 is 0 Å². The fourth-order valence-electron chi connectivity index (χ4n) is 3.05. The SMILES string of the molecule is CCCC[Si](C)(C)O[Si](C)(C)O[Si](C)(C)C1CC(=O)OC1=O. The van der Waals surface area contributed by atoms with Crippen molar-refractivity contribution >= 4 is 37.1 Å². The summed E-state index contributed by atoms with van der Waals surface area (Å²) in [5, 5.41) is 0. The summed E-state index contributed by atoms with van der Waals surface area (Å²) >= 11 is 0. The molecule has 0 aliphatic carbocycles. The van der Waals surface area contributed by atoms with E-state index < -0.39 is 42.7 Å². The molecule has 1 unspecified atom stereocenters. The fourth-order valence-corrected chi connectivity index (χ4v) is 17.4. The van der Waals surface area contributed by atoms with Gasteiger partial charge in [0.2, 0.25) is 0 Å². The van der Waals surface area contributed by atoms with Crippen molar-refractivity contribution in [3.05, 3.63) is 0 Å². The van der Waals surface area contributed by atoms with Crippen LogP contribution in [0.3, 0.4) is 0 Å². The zero-order chi connectivity index (χ0) is 17.2. The first-order valence-electron chi connectivity index (χ1n) is 8.03. The van der Waals surface area contributed by atoms with E-state index in [-0.39, 0.29) is 6.42 Å². The molecule has 1 aliphatic rings. The summed E-state index contributed by atoms with van der Waals surface area (Å²) < 4.78 is 17.5. The summed E-state index contributed by atoms with van der Waals surface area (Å²) in [7, 11) is -6.47. The van der Waals surface area contributed by atoms with Gasteiger partial charge in [0, 0.05) is 0 Å². The van der Waals surface area contributed by atoms with Gasteiger partial charge >= 0.3 is 20.5 Å². The first-order chi connectivity index (χ1) is 9.88. The minimum absolute atomic E-state index is 0.152. The highest BCUT2D eigenvalue weighted by Gasteiger charge is 2.50. The molecule has 1 saturated heterocycles. The largest absolute Gasteiger partial charge is 0.437 e. The lowest BCUT2D eigenvalue weighted by atomic mass is 10.3. The van der Waals surface area contributed by atoms with E-state index in [1.54, 1.807) is 0 Å². The number of carbonyl (C=O) groups excluding carboxylic acids is 2. The third-order valence-corrected chi connectivity index (χ3v) is 15.8. The Bertz CT molecular complexity index is 434. The average molecular weight is 363 g/mol. The summed E-state index contributed by atoms with van der Waals surface area (Å²) in [4.78, 5) is 23.2. The standard InChI is InChI=1S/C14H30O5Si3/c1-8-9-10-20(2,3)18-22(6,7)19-21(4,5)12-11-13(15)17-14(12)16/h12H,8-11H2,1-7H3. The molecule has 0 aromatic carbocycles. The Labute approximate surface area is 137 Å². The van der Waals surface area contributed by atoms with Crippen LogP contribution in [0.1, 0.15) is 26.2 Å². The van der Waals surface area contributed by atoms with Crippen molar-refractivity contribution in [3.63, 3.8) is 0 Å². The lowest BCUT2D eigenvalue weighted by Crippen LogP contribution is -2.54. The molecular weight excluding hydrogens is 332 g/mol. The van der Waals surface area contributed by atoms with E-state index in [4.69, 9.17) is 8.23 Å². The maximum atomic E-state index is 11.8. The molecule has 0 aromatic rings. The number of hydrogen-bond donors (Lipinski definition) is 0. The molecule has 0 saturated carbocycles. The van der Waals surface area contributed by atoms with Crippen LogP contribution in [0.2, 0.25) is 50.9 Å². The normalized spacial score (nSPS) is 20.4. The first-order valence-corrected chi connectivity index (χ1v) is 17.0. The molecule has 0 amide bonds. The van der Waals surface area contributed by atoms with E-state index in [1.807, 2.05) is 26.2 Å². The van der Waals surface area contributed by atoms with Gasteiger partial charge in [-0.05, 0) is 45.3 Å². The van der Waals surface area contributed by atoms with Crippen LogP contribution in [-0.2, 0) is 22.6 Å². The van der Waals surface area contributed by atoms with E-state index in [0.29, 0.717) is 0 Å². The van der Waals surface area contributed by atoms with Gasteiger partial charge in [0.15, 0.2) is 16.6 Å². The van der Waals surface area contributed by atoms with Gasteiger partial charge in [0.05, 0.1) is 12.0 Å². The van der Waals surface area contributed by atoms with Crippen molar-refractivity contribution in [2.24, 2.45) is 0 Å². The number of hydrogen-bond acceptors (Lipinski definition) is 5. The molecule has 8 heteroatoms. The third-order valence-electron chi connectivity index (χ3n) is 3.87. The highest BCUT2D eigenvalue weighted by atomic mass is 28.5. The zero-order valence-electron chi connectivity index (χ0n) is 14.9. The summed E-state index contributed by atoms with van der Waals surface area (Å²) in [5.41, 5.74) is -0.407. The Morgan fingerprint density at radius 1 is 1.09 bits per heavy atom. The molecule has 5 nitrogen and oxygen atoms in total. The molecule has 0 N–H and O–H groups in total. The van der Waals surface area contributed by atoms with Crippen LogP contribution < -0.4 is 0 Å². The Morgan fingerprint density at radius 3 is 2.14 bits per heavy atom. The van der Waals surface area contributed by atoms with Crippen LogP contribution in [0.4, 0.5) is 0 Å². The molecule has 1 atom stereocenters. The number of cyclic esters (lactones) is 2. The lowest BCUT2D eigenvalue weighted by Gasteiger charge is -2.39. The van der Waals surface area contributed by atoms with Crippen molar-refractivity contribution in [1.29, 1.82) is 0 Å². The van der Waals surface area contributed by atoms with E-state index in [2.05, 4.69) is 24.8 Å². The van der Waals surface area contributed by atoms with Gasteiger partial charge in [-0.25, -0.2) is 0 Å². The second-order valence-electron chi connectivity index (χ2n) is 7.62. The van der Waals surface area contributed by atoms with Crippen molar-refractivity contribution in [2.75, 3.05) is 0 Å². The number of unbranched alkanes of at least 4 members (excludes halogenated alkanes) is 1. The Balaban J connectivity index is 2.73. The van der Waals surface area contributed by atoms with Gasteiger partial charge in [0.25, 0.3) is 0 Å². The second-order valence-corrected chi connectivity index (χ2v) is 20.0. The number of rotatable bonds is 8. The number of ether oxygens (including phenoxy) is 1. The van der Waals surface area contributed by atoms with Gasteiger partial charge in [-0.2, -0.15) is 0 Å². The fraction of sp³-hybridized carbons (Fsp3) is 0.857. The Morgan fingerprint density at radius 2 is 1.68 bits per heavy atom. The maximum absolute atomic E-state index is 11.8. The van der Waals surface area contributed by atoms with E-state index in [1.165, 1.54) is 12.8 Å². The smallest absolute Gasteiger partial charge is 0.316 e. The lowest BCUT2D eigenvalue weighted by molar-refractivity contribution is -0.152. The predicted molar refractivity (Wildman–Crippen MR) is 93.8 cm³/mol. The molecular formula is C14H30O5Si3. The monoisotopic (exact) mass is 362 g/mol. The van der Waals surface area contributed by atoms with Crippen LogP contribution in [0.15, 0.2) is 0 Å². The van der Waals surface area contributed by atoms with Gasteiger partial charge < -0.3 is 13.0 Å². The second kappa shape index (κ2) is 7.08. The zero-order valence-corrected chi connectivity index (χ0v) is 17.9. The summed E-state index contributed by atoms with van der Waals surface area (Å²) in [5.74, 6) is -0.855. The van der Waals surface area contributed by atoms with Crippen LogP contribution in [0.5, 0.6) is 0 Å². The Hall–Kier alpha value is -0.289. The Kier molecular flexibility index (Phi) is 6.36. The first kappa shape index (κ1) is 19.8. The maximum Gasteiger partial charge on any atom is 0.316 e. The van der Waals surface area contributed by atoms with Crippen LogP contribution >= 0.6 is 0 Å². The molecule has 22 heavy (non-hydrogen) atoms. The minimum Gasteiger partial charge on any atom is -0.437 e. The molecule has 128 valence electrons. The van der Waals surface area contributed by atoms with Crippen molar-refractivity contribution < 1.29 is 22.6 Å². The highest BCUT2D eigenvalue weighted by Crippen LogP contribution is 2.36. The molecule has 0 radical (unpaired) electrons. The molecule has 1 rings (SSSR count). The van der Waals surface area contributed by atoms with Gasteiger partial charge in [-0.1, -0.05) is 19.8 Å². The third kappa shape index (κ3) is 5.73. The molecule has 0 aromatic heterocycles. The summed E-state index contributed by atoms with van der Waals surface area (Å²) in [6.45, 7) is 14.7. The highest BCUT2D eigenvalue weighted by molar-refractivity contribution is 6.89. The van der Waals surface area contributed by atoms with Gasteiger partial charge in [-0.3, -0.25) is 9.59 Å². The molecule has 1 aliphatic heterocycles. The van der Waals surface area contributed by atoms with Crippen molar-refractivity contribution in [3.8, 4) is 0 Å². The summed E-state index contributed by atoms with van der Waals surface area (Å²) in [6, 6.07) is 1.12. The van der Waals surface area contributed by atoms with Crippen molar-refractivity contribution in [1.82, 2.24) is 0 Å². The molecule has 0 bridgehead atoms. The molecule has 1 fully saturated rings. The minimum atomic E-state index is -2.38. The molecule has 1 heterocycles. The van der Waals surface area contributed by atoms with Crippen LogP contribution in [0.25, 0.3) is 0 Å². The average Bonchev–Trinajstić information content (AvgIpc) is 2.63. The van der Waals surface area contributed by atoms with Gasteiger partial charge in [-0.15, -0.1) is 0 Å². The number of esters is 2. The molecule has 0 spiro atoms. The van der Waals surface area contributed by atoms with Crippen LogP contribution in [-0.4, -0.2) is 37.1 Å². The van der Waals surface area contributed by atoms with E-state index in [0.717, 1.165) is 6.04 Å². The van der Waals surface area contributed by atoms with Crippen LogP contribution in [0, 0.1) is 0 Å². The summed E-state index contributed by atoms with van der Waals surface area (Å²) in [6.07, 6.45) is 2.49. The van der Waals surface area contributed by atoms with Gasteiger partial charge in [0.1, 0.15) is 0 Å². The topological polar surface area (TPSA) is 61.8 Å². The van der Waals surface area contributed by atoms with Crippen molar-refractivity contribution in [2.45, 2.75) is 77.1 Å². The quantitative estimate of drug-likeness (QED) is 0.373. The predicted octanol–water partition coefficient (Wildman–Crippen LogP) is 3.78. The number of carbonyl (C=O) groups is 2.